The molecule has 4 rings (SSSR count). The lowest BCUT2D eigenvalue weighted by Gasteiger charge is -2.20. The summed E-state index contributed by atoms with van der Waals surface area (Å²) in [5.74, 6) is 2.85. The second kappa shape index (κ2) is 9.08. The van der Waals surface area contributed by atoms with Crippen molar-refractivity contribution in [2.24, 2.45) is 0 Å². The minimum Gasteiger partial charge on any atom is -0.486 e. The van der Waals surface area contributed by atoms with Crippen LogP contribution in [0.25, 0.3) is 0 Å². The number of hydrogen-bond acceptors (Lipinski definition) is 8. The van der Waals surface area contributed by atoms with Crippen LogP contribution in [0, 0.1) is 6.92 Å². The number of nitrogens with zero attached hydrogens (tertiary/aromatic N) is 3. The van der Waals surface area contributed by atoms with E-state index in [0.717, 1.165) is 5.56 Å². The van der Waals surface area contributed by atoms with Crippen LogP contribution in [0.1, 0.15) is 15.9 Å². The first kappa shape index (κ1) is 19.4. The van der Waals surface area contributed by atoms with E-state index in [1.54, 1.807) is 30.5 Å². The molecule has 3 heterocycles. The van der Waals surface area contributed by atoms with Gasteiger partial charge in [0.15, 0.2) is 11.5 Å². The molecule has 30 heavy (non-hydrogen) atoms. The fourth-order valence-corrected chi connectivity index (χ4v) is 2.97. The molecule has 3 aromatic rings. The highest BCUT2D eigenvalue weighted by atomic mass is 16.6. The van der Waals surface area contributed by atoms with E-state index in [9.17, 15) is 4.79 Å². The lowest BCUT2D eigenvalue weighted by molar-refractivity contribution is 0.0944. The maximum Gasteiger partial charge on any atom is 0.255 e. The third-order valence-corrected chi connectivity index (χ3v) is 4.37. The average Bonchev–Trinajstić information content (AvgIpc) is 2.76. The topological polar surface area (TPSA) is 110 Å². The number of nitrogens with one attached hydrogen (secondary N) is 3. The van der Waals surface area contributed by atoms with Crippen molar-refractivity contribution >= 4 is 23.4 Å². The molecule has 1 aromatic carbocycles. The van der Waals surface area contributed by atoms with E-state index >= 15 is 0 Å². The van der Waals surface area contributed by atoms with Gasteiger partial charge < -0.3 is 25.4 Å². The van der Waals surface area contributed by atoms with Gasteiger partial charge in [0, 0.05) is 25.4 Å². The number of anilines is 3. The number of fused-ring (bicyclic) bond motifs is 1. The van der Waals surface area contributed by atoms with E-state index in [1.165, 1.54) is 6.33 Å². The summed E-state index contributed by atoms with van der Waals surface area (Å²) in [5, 5.41) is 9.19. The fourth-order valence-electron chi connectivity index (χ4n) is 2.97. The third kappa shape index (κ3) is 4.75. The predicted octanol–water partition coefficient (Wildman–Crippen LogP) is 2.54. The molecular weight excluding hydrogens is 384 g/mol. The molecule has 1 aliphatic heterocycles. The third-order valence-electron chi connectivity index (χ3n) is 4.37. The fraction of sp³-hybridized carbons (Fsp3) is 0.238. The van der Waals surface area contributed by atoms with Crippen LogP contribution in [0.3, 0.4) is 0 Å². The number of para-hydroxylation sites is 1. The number of rotatable bonds is 7. The summed E-state index contributed by atoms with van der Waals surface area (Å²) in [6.07, 6.45) is 3.20. The van der Waals surface area contributed by atoms with Crippen molar-refractivity contribution in [2.75, 3.05) is 36.9 Å². The van der Waals surface area contributed by atoms with Crippen LogP contribution in [-0.4, -0.2) is 47.2 Å². The first-order valence-corrected chi connectivity index (χ1v) is 9.61. The summed E-state index contributed by atoms with van der Waals surface area (Å²) >= 11 is 0. The van der Waals surface area contributed by atoms with Crippen LogP contribution in [0.2, 0.25) is 0 Å². The monoisotopic (exact) mass is 406 g/mol. The van der Waals surface area contributed by atoms with Crippen molar-refractivity contribution in [3.63, 3.8) is 0 Å². The molecule has 0 atom stereocenters. The second-order valence-corrected chi connectivity index (χ2v) is 6.64. The van der Waals surface area contributed by atoms with Gasteiger partial charge in [-0.3, -0.25) is 4.79 Å². The van der Waals surface area contributed by atoms with Crippen molar-refractivity contribution in [2.45, 2.75) is 6.92 Å². The summed E-state index contributed by atoms with van der Waals surface area (Å²) < 4.78 is 11.1. The second-order valence-electron chi connectivity index (χ2n) is 6.64. The average molecular weight is 406 g/mol. The Morgan fingerprint density at radius 1 is 1.00 bits per heavy atom. The normalized spacial score (nSPS) is 12.2. The largest absolute Gasteiger partial charge is 0.486 e. The summed E-state index contributed by atoms with van der Waals surface area (Å²) in [5.41, 5.74) is 1.57. The number of benzene rings is 1. The molecular formula is C21H22N6O3. The molecule has 9 nitrogen and oxygen atoms in total. The quantitative estimate of drug-likeness (QED) is 0.514. The molecule has 0 unspecified atom stereocenters. The van der Waals surface area contributed by atoms with Gasteiger partial charge >= 0.3 is 0 Å². The Morgan fingerprint density at radius 3 is 2.73 bits per heavy atom. The minimum atomic E-state index is -0.213. The van der Waals surface area contributed by atoms with Crippen molar-refractivity contribution < 1.29 is 14.3 Å². The van der Waals surface area contributed by atoms with Gasteiger partial charge in [-0.2, -0.15) is 0 Å². The molecule has 0 bridgehead atoms. The number of aromatic nitrogens is 3. The molecule has 0 saturated carbocycles. The van der Waals surface area contributed by atoms with Crippen LogP contribution in [0.4, 0.5) is 17.5 Å². The van der Waals surface area contributed by atoms with E-state index in [-0.39, 0.29) is 5.91 Å². The highest BCUT2D eigenvalue weighted by Crippen LogP contribution is 2.33. The number of ether oxygens (including phenoxy) is 2. The van der Waals surface area contributed by atoms with Crippen LogP contribution < -0.4 is 25.4 Å². The molecule has 0 saturated heterocycles. The summed E-state index contributed by atoms with van der Waals surface area (Å²) in [6.45, 7) is 3.82. The SMILES string of the molecule is Cc1ccnc(Nc2cc(NCCNC(=O)c3cccc4c3OCCO4)ncn2)c1. The van der Waals surface area contributed by atoms with E-state index in [0.29, 0.717) is 60.8 Å². The molecule has 1 amide bonds. The first-order valence-electron chi connectivity index (χ1n) is 9.61. The Kier molecular flexibility index (Phi) is 5.88. The van der Waals surface area contributed by atoms with Crippen molar-refractivity contribution in [3.8, 4) is 11.5 Å². The van der Waals surface area contributed by atoms with Gasteiger partial charge in [-0.25, -0.2) is 15.0 Å². The minimum absolute atomic E-state index is 0.213. The van der Waals surface area contributed by atoms with Gasteiger partial charge in [-0.15, -0.1) is 0 Å². The summed E-state index contributed by atoms with van der Waals surface area (Å²) in [7, 11) is 0. The molecule has 2 aromatic heterocycles. The van der Waals surface area contributed by atoms with E-state index in [2.05, 4.69) is 30.9 Å². The predicted molar refractivity (Wildman–Crippen MR) is 113 cm³/mol. The van der Waals surface area contributed by atoms with Crippen LogP contribution in [0.15, 0.2) is 48.9 Å². The maximum absolute atomic E-state index is 12.5. The van der Waals surface area contributed by atoms with Crippen molar-refractivity contribution in [1.82, 2.24) is 20.3 Å². The Hall–Kier alpha value is -3.88. The summed E-state index contributed by atoms with van der Waals surface area (Å²) in [4.78, 5) is 25.2. The Morgan fingerprint density at radius 2 is 1.83 bits per heavy atom. The van der Waals surface area contributed by atoms with Gasteiger partial charge in [0.05, 0.1) is 5.56 Å². The van der Waals surface area contributed by atoms with Crippen LogP contribution in [0.5, 0.6) is 11.5 Å². The zero-order valence-electron chi connectivity index (χ0n) is 16.5. The highest BCUT2D eigenvalue weighted by Gasteiger charge is 2.19. The number of aryl methyl sites for hydroxylation is 1. The Balaban J connectivity index is 1.29. The van der Waals surface area contributed by atoms with Crippen molar-refractivity contribution in [1.29, 1.82) is 0 Å². The van der Waals surface area contributed by atoms with Gasteiger partial charge in [0.25, 0.3) is 5.91 Å². The highest BCUT2D eigenvalue weighted by molar-refractivity contribution is 5.97. The van der Waals surface area contributed by atoms with E-state index in [1.807, 2.05) is 19.1 Å². The smallest absolute Gasteiger partial charge is 0.255 e. The van der Waals surface area contributed by atoms with Gasteiger partial charge in [0.2, 0.25) is 0 Å². The Labute approximate surface area is 173 Å². The molecule has 0 radical (unpaired) electrons. The van der Waals surface area contributed by atoms with Crippen LogP contribution >= 0.6 is 0 Å². The first-order chi connectivity index (χ1) is 14.7. The molecule has 3 N–H and O–H groups in total. The molecule has 1 aliphatic rings. The zero-order chi connectivity index (χ0) is 20.8. The Bertz CT molecular complexity index is 1040. The van der Waals surface area contributed by atoms with E-state index in [4.69, 9.17) is 9.47 Å². The lowest BCUT2D eigenvalue weighted by atomic mass is 10.1. The molecule has 9 heteroatoms. The molecule has 154 valence electrons. The molecule has 0 fully saturated rings. The zero-order valence-corrected chi connectivity index (χ0v) is 16.5. The molecule has 0 spiro atoms. The number of carbonyl (C=O) groups is 1. The maximum atomic E-state index is 12.5. The number of hydrogen-bond donors (Lipinski definition) is 3. The van der Waals surface area contributed by atoms with Crippen molar-refractivity contribution in [3.05, 3.63) is 60.0 Å². The molecule has 0 aliphatic carbocycles. The number of carbonyl (C=O) groups excluding carboxylic acids is 1. The van der Waals surface area contributed by atoms with Gasteiger partial charge in [-0.1, -0.05) is 6.07 Å². The van der Waals surface area contributed by atoms with E-state index < -0.39 is 0 Å². The van der Waals surface area contributed by atoms with Gasteiger partial charge in [0.1, 0.15) is 37.0 Å². The lowest BCUT2D eigenvalue weighted by Crippen LogP contribution is -2.30. The van der Waals surface area contributed by atoms with Crippen LogP contribution in [-0.2, 0) is 0 Å². The standard InChI is InChI=1S/C21H22N6O3/c1-14-5-6-22-18(11-14)27-19-12-17(25-13-26-19)23-7-8-24-21(28)15-3-2-4-16-20(15)30-10-9-29-16/h2-6,11-13H,7-10H2,1H3,(H,24,28)(H2,22,23,25,26,27). The number of amides is 1. The number of pyridine rings is 1. The summed E-state index contributed by atoms with van der Waals surface area (Å²) in [6, 6.07) is 10.9. The van der Waals surface area contributed by atoms with Gasteiger partial charge in [-0.05, 0) is 36.8 Å².